The highest BCUT2D eigenvalue weighted by molar-refractivity contribution is 7.90. The molecule has 8 heteroatoms. The molecular formula is C23H18F2N2O3S. The van der Waals surface area contributed by atoms with Crippen LogP contribution in [0.2, 0.25) is 0 Å². The summed E-state index contributed by atoms with van der Waals surface area (Å²) in [5.41, 5.74) is 1.83. The Morgan fingerprint density at radius 2 is 1.48 bits per heavy atom. The Kier molecular flexibility index (Phi) is 5.32. The standard InChI is InChI=1S/C23H18F2N2O3S/c1-31(29,30)19-13-7-16(8-14-19)22-20(15-5-3-2-4-6-15)21(23(24)25)26-27(22)17-9-11-18(28)12-10-17/h2-14,23,28H,1H3. The molecule has 0 unspecified atom stereocenters. The average Bonchev–Trinajstić information content (AvgIpc) is 3.15. The number of aromatic nitrogens is 2. The van der Waals surface area contributed by atoms with E-state index in [2.05, 4.69) is 5.10 Å². The van der Waals surface area contributed by atoms with Gasteiger partial charge >= 0.3 is 0 Å². The second-order valence-corrected chi connectivity index (χ2v) is 9.02. The minimum atomic E-state index is -3.41. The van der Waals surface area contributed by atoms with Crippen LogP contribution in [0.4, 0.5) is 8.78 Å². The van der Waals surface area contributed by atoms with Gasteiger partial charge in [-0.15, -0.1) is 0 Å². The van der Waals surface area contributed by atoms with Crippen LogP contribution in [0, 0.1) is 0 Å². The summed E-state index contributed by atoms with van der Waals surface area (Å²) in [4.78, 5) is 0.127. The molecule has 0 radical (unpaired) electrons. The minimum Gasteiger partial charge on any atom is -0.508 e. The molecule has 1 heterocycles. The molecular weight excluding hydrogens is 422 g/mol. The van der Waals surface area contributed by atoms with Gasteiger partial charge in [-0.3, -0.25) is 0 Å². The Balaban J connectivity index is 2.03. The van der Waals surface area contributed by atoms with E-state index in [0.717, 1.165) is 6.26 Å². The number of hydrogen-bond donors (Lipinski definition) is 1. The van der Waals surface area contributed by atoms with Crippen LogP contribution < -0.4 is 0 Å². The molecule has 4 aromatic rings. The van der Waals surface area contributed by atoms with Gasteiger partial charge in [0.15, 0.2) is 9.84 Å². The van der Waals surface area contributed by atoms with Crippen molar-refractivity contribution in [2.45, 2.75) is 11.3 Å². The number of hydrogen-bond acceptors (Lipinski definition) is 4. The van der Waals surface area contributed by atoms with Crippen molar-refractivity contribution in [3.8, 4) is 33.8 Å². The minimum absolute atomic E-state index is 0.0346. The largest absolute Gasteiger partial charge is 0.508 e. The molecule has 0 atom stereocenters. The van der Waals surface area contributed by atoms with Gasteiger partial charge in [0.2, 0.25) is 0 Å². The molecule has 5 nitrogen and oxygen atoms in total. The SMILES string of the molecule is CS(=O)(=O)c1ccc(-c2c(-c3ccccc3)c(C(F)F)nn2-c2ccc(O)cc2)cc1. The molecule has 1 N–H and O–H groups in total. The molecule has 0 spiro atoms. The van der Waals surface area contributed by atoms with Crippen LogP contribution in [0.1, 0.15) is 12.1 Å². The second-order valence-electron chi connectivity index (χ2n) is 7.00. The summed E-state index contributed by atoms with van der Waals surface area (Å²) < 4.78 is 53.1. The third kappa shape index (κ3) is 4.06. The van der Waals surface area contributed by atoms with E-state index in [9.17, 15) is 22.3 Å². The van der Waals surface area contributed by atoms with Crippen LogP contribution in [-0.4, -0.2) is 29.6 Å². The van der Waals surface area contributed by atoms with Crippen LogP contribution in [0.25, 0.3) is 28.1 Å². The number of halogens is 2. The Morgan fingerprint density at radius 1 is 0.871 bits per heavy atom. The van der Waals surface area contributed by atoms with Crippen LogP contribution in [0.3, 0.4) is 0 Å². The van der Waals surface area contributed by atoms with Crippen molar-refractivity contribution >= 4 is 9.84 Å². The number of rotatable bonds is 5. The van der Waals surface area contributed by atoms with Crippen molar-refractivity contribution in [3.05, 3.63) is 84.6 Å². The smallest absolute Gasteiger partial charge is 0.282 e. The lowest BCUT2D eigenvalue weighted by molar-refractivity contribution is 0.146. The molecule has 0 bridgehead atoms. The third-order valence-corrected chi connectivity index (χ3v) is 5.96. The summed E-state index contributed by atoms with van der Waals surface area (Å²) in [6.07, 6.45) is -1.73. The van der Waals surface area contributed by atoms with Gasteiger partial charge in [0.05, 0.1) is 16.3 Å². The summed E-state index contributed by atoms with van der Waals surface area (Å²) in [6, 6.07) is 20.8. The fraction of sp³-hybridized carbons (Fsp3) is 0.0870. The fourth-order valence-electron chi connectivity index (χ4n) is 3.38. The Labute approximate surface area is 178 Å². The summed E-state index contributed by atoms with van der Waals surface area (Å²) in [6.45, 7) is 0. The van der Waals surface area contributed by atoms with E-state index >= 15 is 0 Å². The highest BCUT2D eigenvalue weighted by Crippen LogP contribution is 2.40. The van der Waals surface area contributed by atoms with Crippen molar-refractivity contribution in [3.63, 3.8) is 0 Å². The van der Waals surface area contributed by atoms with Crippen LogP contribution >= 0.6 is 0 Å². The highest BCUT2D eigenvalue weighted by Gasteiger charge is 2.27. The first kappa shape index (κ1) is 20.7. The number of phenolic OH excluding ortho intramolecular Hbond substituents is 1. The molecule has 0 aliphatic rings. The van der Waals surface area contributed by atoms with E-state index in [1.165, 1.54) is 28.9 Å². The van der Waals surface area contributed by atoms with E-state index in [1.54, 1.807) is 54.6 Å². The molecule has 1 aromatic heterocycles. The van der Waals surface area contributed by atoms with Crippen molar-refractivity contribution < 1.29 is 22.3 Å². The number of nitrogens with zero attached hydrogens (tertiary/aromatic N) is 2. The van der Waals surface area contributed by atoms with Gasteiger partial charge < -0.3 is 5.11 Å². The maximum absolute atomic E-state index is 14.0. The quantitative estimate of drug-likeness (QED) is 0.460. The number of phenols is 1. The van der Waals surface area contributed by atoms with Gasteiger partial charge in [0, 0.05) is 17.4 Å². The van der Waals surface area contributed by atoms with E-state index in [-0.39, 0.29) is 21.9 Å². The molecule has 158 valence electrons. The zero-order chi connectivity index (χ0) is 22.2. The molecule has 3 aromatic carbocycles. The predicted octanol–water partition coefficient (Wildman–Crippen LogP) is 5.25. The van der Waals surface area contributed by atoms with Crippen LogP contribution in [0.5, 0.6) is 5.75 Å². The topological polar surface area (TPSA) is 72.2 Å². The maximum atomic E-state index is 14.0. The molecule has 4 rings (SSSR count). The van der Waals surface area contributed by atoms with Crippen molar-refractivity contribution in [1.82, 2.24) is 9.78 Å². The lowest BCUT2D eigenvalue weighted by Crippen LogP contribution is -2.01. The number of benzene rings is 3. The van der Waals surface area contributed by atoms with Gasteiger partial charge in [-0.25, -0.2) is 21.9 Å². The van der Waals surface area contributed by atoms with Crippen molar-refractivity contribution in [1.29, 1.82) is 0 Å². The number of sulfone groups is 1. The number of aromatic hydroxyl groups is 1. The summed E-state index contributed by atoms with van der Waals surface area (Å²) in [5.74, 6) is 0.0346. The first-order valence-electron chi connectivity index (χ1n) is 9.32. The Hall–Kier alpha value is -3.52. The average molecular weight is 440 g/mol. The van der Waals surface area contributed by atoms with Crippen molar-refractivity contribution in [2.24, 2.45) is 0 Å². The van der Waals surface area contributed by atoms with Crippen molar-refractivity contribution in [2.75, 3.05) is 6.26 Å². The van der Waals surface area contributed by atoms with Crippen LogP contribution in [0.15, 0.2) is 83.8 Å². The van der Waals surface area contributed by atoms with Gasteiger partial charge in [-0.05, 0) is 42.0 Å². The molecule has 0 saturated heterocycles. The summed E-state index contributed by atoms with van der Waals surface area (Å²) in [7, 11) is -3.41. The van der Waals surface area contributed by atoms with E-state index < -0.39 is 16.3 Å². The van der Waals surface area contributed by atoms with Gasteiger partial charge in [-0.2, -0.15) is 5.10 Å². The molecule has 31 heavy (non-hydrogen) atoms. The normalized spacial score (nSPS) is 11.7. The summed E-state index contributed by atoms with van der Waals surface area (Å²) in [5, 5.41) is 13.8. The second kappa shape index (κ2) is 7.96. The lowest BCUT2D eigenvalue weighted by atomic mass is 9.98. The van der Waals surface area contributed by atoms with Gasteiger partial charge in [-0.1, -0.05) is 42.5 Å². The molecule has 0 saturated carbocycles. The third-order valence-electron chi connectivity index (χ3n) is 4.83. The monoisotopic (exact) mass is 440 g/mol. The highest BCUT2D eigenvalue weighted by atomic mass is 32.2. The molecule has 0 aliphatic carbocycles. The predicted molar refractivity (Wildman–Crippen MR) is 114 cm³/mol. The molecule has 0 aliphatic heterocycles. The Bertz CT molecular complexity index is 1320. The van der Waals surface area contributed by atoms with Gasteiger partial charge in [0.1, 0.15) is 11.4 Å². The van der Waals surface area contributed by atoms with Gasteiger partial charge in [0.25, 0.3) is 6.43 Å². The van der Waals surface area contributed by atoms with E-state index in [0.29, 0.717) is 22.5 Å². The van der Waals surface area contributed by atoms with E-state index in [4.69, 9.17) is 0 Å². The fourth-order valence-corrected chi connectivity index (χ4v) is 4.01. The molecule has 0 amide bonds. The zero-order valence-corrected chi connectivity index (χ0v) is 17.2. The zero-order valence-electron chi connectivity index (χ0n) is 16.4. The summed E-state index contributed by atoms with van der Waals surface area (Å²) >= 11 is 0. The number of alkyl halides is 2. The first-order chi connectivity index (χ1) is 14.8. The maximum Gasteiger partial charge on any atom is 0.282 e. The van der Waals surface area contributed by atoms with Crippen LogP contribution in [-0.2, 0) is 9.84 Å². The van der Waals surface area contributed by atoms with E-state index in [1.807, 2.05) is 0 Å². The molecule has 0 fully saturated rings. The Morgan fingerprint density at radius 3 is 2.03 bits per heavy atom. The first-order valence-corrected chi connectivity index (χ1v) is 11.2. The lowest BCUT2D eigenvalue weighted by Gasteiger charge is -2.11.